The van der Waals surface area contributed by atoms with Crippen molar-refractivity contribution < 1.29 is 0 Å². The van der Waals surface area contributed by atoms with E-state index in [1.807, 2.05) is 0 Å². The Bertz CT molecular complexity index is 1080. The third kappa shape index (κ3) is 2.06. The predicted octanol–water partition coefficient (Wildman–Crippen LogP) is 4.67. The molecule has 0 bridgehead atoms. The number of rotatable bonds is 1. The van der Waals surface area contributed by atoms with Crippen LogP contribution in [-0.4, -0.2) is 0 Å². The second-order valence-corrected chi connectivity index (χ2v) is 6.26. The van der Waals surface area contributed by atoms with Crippen molar-refractivity contribution in [2.24, 2.45) is 0 Å². The molecule has 1 aliphatic rings. The molecule has 0 N–H and O–H groups in total. The van der Waals surface area contributed by atoms with E-state index in [0.29, 0.717) is 0 Å². The van der Waals surface area contributed by atoms with E-state index in [4.69, 9.17) is 0 Å². The summed E-state index contributed by atoms with van der Waals surface area (Å²) >= 11 is 0. The second kappa shape index (κ2) is 5.24. The van der Waals surface area contributed by atoms with E-state index in [1.54, 1.807) is 0 Å². The van der Waals surface area contributed by atoms with Crippen LogP contribution in [0.2, 0.25) is 0 Å². The molecule has 3 aromatic rings. The van der Waals surface area contributed by atoms with Crippen molar-refractivity contribution in [1.82, 2.24) is 0 Å². The van der Waals surface area contributed by atoms with Gasteiger partial charge >= 0.3 is 0 Å². The summed E-state index contributed by atoms with van der Waals surface area (Å²) in [4.78, 5) is 0. The molecule has 0 amide bonds. The summed E-state index contributed by atoms with van der Waals surface area (Å²) in [5, 5.41) is 5.35. The first-order valence-corrected chi connectivity index (χ1v) is 8.18. The quantitative estimate of drug-likeness (QED) is 0.612. The van der Waals surface area contributed by atoms with Crippen LogP contribution in [0.4, 0.5) is 0 Å². The highest BCUT2D eigenvalue weighted by atomic mass is 14.2. The highest BCUT2D eigenvalue weighted by Crippen LogP contribution is 2.43. The van der Waals surface area contributed by atoms with Crippen LogP contribution in [-0.2, 0) is 0 Å². The third-order valence-corrected chi connectivity index (χ3v) is 4.96. The highest BCUT2D eigenvalue weighted by molar-refractivity contribution is 6.20. The minimum atomic E-state index is 1.28. The Morgan fingerprint density at radius 2 is 1.52 bits per heavy atom. The monoisotopic (exact) mass is 296 g/mol. The molecule has 0 heteroatoms. The maximum atomic E-state index is 2.34. The first kappa shape index (κ1) is 14.0. The summed E-state index contributed by atoms with van der Waals surface area (Å²) < 4.78 is 0. The Morgan fingerprint density at radius 1 is 0.739 bits per heavy atom. The van der Waals surface area contributed by atoms with Crippen molar-refractivity contribution in [3.05, 3.63) is 81.7 Å². The van der Waals surface area contributed by atoms with E-state index in [2.05, 4.69) is 87.5 Å². The average Bonchev–Trinajstić information content (AvgIpc) is 2.85. The third-order valence-electron chi connectivity index (χ3n) is 4.96. The van der Waals surface area contributed by atoms with Crippen molar-refractivity contribution in [1.29, 1.82) is 0 Å². The molecule has 0 heterocycles. The minimum Gasteiger partial charge on any atom is -0.0798 e. The molecule has 0 fully saturated rings. The van der Waals surface area contributed by atoms with E-state index in [0.717, 1.165) is 0 Å². The molecular weight excluding hydrogens is 276 g/mol. The Morgan fingerprint density at radius 3 is 2.30 bits per heavy atom. The predicted molar refractivity (Wildman–Crippen MR) is 101 cm³/mol. The van der Waals surface area contributed by atoms with Crippen molar-refractivity contribution in [3.63, 3.8) is 0 Å². The fraction of sp³-hybridized carbons (Fsp3) is 0.130. The van der Waals surface area contributed by atoms with Gasteiger partial charge in [0.25, 0.3) is 0 Å². The molecule has 0 saturated carbocycles. The smallest absolute Gasteiger partial charge is 0.00272 e. The summed E-state index contributed by atoms with van der Waals surface area (Å²) in [6.07, 6.45) is 4.52. The molecule has 0 radical (unpaired) electrons. The summed E-state index contributed by atoms with van der Waals surface area (Å²) in [5.74, 6) is 0. The maximum absolute atomic E-state index is 2.34. The standard InChI is InChI=1S/C23H20/c1-4-17-8-5-6-9-18(17)14-22-16(3)20-11-7-10-19-15(2)12-13-21(22)23(19)20/h4-14H,1-3H3/b17-4+,18-14-. The van der Waals surface area contributed by atoms with Crippen molar-refractivity contribution in [3.8, 4) is 0 Å². The van der Waals surface area contributed by atoms with E-state index < -0.39 is 0 Å². The second-order valence-electron chi connectivity index (χ2n) is 6.26. The normalized spacial score (nSPS) is 15.1. The number of aryl methyl sites for hydroxylation is 1. The SMILES string of the molecule is C/C=c1\cccc\c1=C\C1=C(C)c2cccc3c(C)ccc1c23. The van der Waals surface area contributed by atoms with E-state index >= 15 is 0 Å². The van der Waals surface area contributed by atoms with E-state index in [1.165, 1.54) is 49.0 Å². The van der Waals surface area contributed by atoms with Gasteiger partial charge in [-0.15, -0.1) is 0 Å². The van der Waals surface area contributed by atoms with Gasteiger partial charge in [-0.2, -0.15) is 0 Å². The zero-order valence-electron chi connectivity index (χ0n) is 13.9. The average molecular weight is 296 g/mol. The van der Waals surface area contributed by atoms with Gasteiger partial charge in [-0.3, -0.25) is 0 Å². The highest BCUT2D eigenvalue weighted by Gasteiger charge is 2.20. The van der Waals surface area contributed by atoms with Crippen LogP contribution in [0.15, 0.2) is 54.6 Å². The molecule has 1 aliphatic carbocycles. The molecule has 4 rings (SSSR count). The van der Waals surface area contributed by atoms with Gasteiger partial charge in [-0.1, -0.05) is 60.7 Å². The summed E-state index contributed by atoms with van der Waals surface area (Å²) in [5.41, 5.74) is 6.82. The zero-order chi connectivity index (χ0) is 16.0. The van der Waals surface area contributed by atoms with Crippen LogP contribution in [0.5, 0.6) is 0 Å². The fourth-order valence-electron chi connectivity index (χ4n) is 3.68. The van der Waals surface area contributed by atoms with Crippen LogP contribution in [0, 0.1) is 6.92 Å². The molecular formula is C23H20. The van der Waals surface area contributed by atoms with Crippen molar-refractivity contribution >= 4 is 34.1 Å². The van der Waals surface area contributed by atoms with Crippen LogP contribution in [0.25, 0.3) is 34.1 Å². The molecule has 23 heavy (non-hydrogen) atoms. The van der Waals surface area contributed by atoms with E-state index in [-0.39, 0.29) is 0 Å². The Hall–Kier alpha value is -2.60. The number of benzene rings is 3. The summed E-state index contributed by atoms with van der Waals surface area (Å²) in [6.45, 7) is 6.54. The topological polar surface area (TPSA) is 0 Å². The largest absolute Gasteiger partial charge is 0.0798 e. The van der Waals surface area contributed by atoms with Crippen molar-refractivity contribution in [2.75, 3.05) is 0 Å². The Balaban J connectivity index is 2.07. The van der Waals surface area contributed by atoms with Crippen LogP contribution in [0.1, 0.15) is 30.5 Å². The number of allylic oxidation sites excluding steroid dienone is 2. The summed E-state index contributed by atoms with van der Waals surface area (Å²) in [7, 11) is 0. The first-order valence-electron chi connectivity index (χ1n) is 8.18. The van der Waals surface area contributed by atoms with Gasteiger partial charge in [0.1, 0.15) is 0 Å². The molecule has 0 saturated heterocycles. The van der Waals surface area contributed by atoms with Crippen LogP contribution >= 0.6 is 0 Å². The molecule has 0 unspecified atom stereocenters. The Labute approximate surface area is 137 Å². The molecule has 0 aromatic heterocycles. The van der Waals surface area contributed by atoms with Gasteiger partial charge in [0.2, 0.25) is 0 Å². The van der Waals surface area contributed by atoms with Crippen molar-refractivity contribution in [2.45, 2.75) is 20.8 Å². The lowest BCUT2D eigenvalue weighted by Crippen LogP contribution is -2.23. The molecule has 0 aliphatic heterocycles. The number of hydrogen-bond donors (Lipinski definition) is 0. The lowest BCUT2D eigenvalue weighted by molar-refractivity contribution is 1.50. The van der Waals surface area contributed by atoms with Crippen LogP contribution < -0.4 is 10.4 Å². The maximum Gasteiger partial charge on any atom is -0.00272 e. The van der Waals surface area contributed by atoms with Gasteiger partial charge in [0, 0.05) is 0 Å². The number of hydrogen-bond acceptors (Lipinski definition) is 0. The van der Waals surface area contributed by atoms with Gasteiger partial charge in [-0.25, -0.2) is 0 Å². The fourth-order valence-corrected chi connectivity index (χ4v) is 3.68. The molecule has 0 atom stereocenters. The molecule has 3 aromatic carbocycles. The lowest BCUT2D eigenvalue weighted by Gasteiger charge is -2.06. The molecule has 0 nitrogen and oxygen atoms in total. The Kier molecular flexibility index (Phi) is 3.20. The zero-order valence-corrected chi connectivity index (χ0v) is 13.9. The summed E-state index contributed by atoms with van der Waals surface area (Å²) in [6, 6.07) is 19.8. The van der Waals surface area contributed by atoms with Gasteiger partial charge < -0.3 is 0 Å². The lowest BCUT2D eigenvalue weighted by atomic mass is 9.98. The minimum absolute atomic E-state index is 1.28. The van der Waals surface area contributed by atoms with Gasteiger partial charge in [-0.05, 0) is 75.9 Å². The molecule has 112 valence electrons. The molecule has 0 spiro atoms. The van der Waals surface area contributed by atoms with E-state index in [9.17, 15) is 0 Å². The first-order chi connectivity index (χ1) is 11.2. The van der Waals surface area contributed by atoms with Crippen LogP contribution in [0.3, 0.4) is 0 Å². The van der Waals surface area contributed by atoms with Gasteiger partial charge in [0.05, 0.1) is 0 Å². The van der Waals surface area contributed by atoms with Gasteiger partial charge in [0.15, 0.2) is 0 Å².